The van der Waals surface area contributed by atoms with Crippen molar-refractivity contribution in [3.05, 3.63) is 33.8 Å². The van der Waals surface area contributed by atoms with E-state index in [-0.39, 0.29) is 15.6 Å². The lowest BCUT2D eigenvalue weighted by molar-refractivity contribution is -0.122. The number of rotatable bonds is 2. The van der Waals surface area contributed by atoms with Crippen LogP contribution in [-0.2, 0) is 9.63 Å². The van der Waals surface area contributed by atoms with Crippen molar-refractivity contribution in [2.45, 2.75) is 6.18 Å². The monoisotopic (exact) mass is 367 g/mol. The molecular weight excluding hydrogens is 362 g/mol. The smallest absolute Gasteiger partial charge is 0.312 e. The summed E-state index contributed by atoms with van der Waals surface area (Å²) in [4.78, 5) is 27.7. The van der Waals surface area contributed by atoms with E-state index in [0.29, 0.717) is 5.01 Å². The summed E-state index contributed by atoms with van der Waals surface area (Å²) in [5, 5.41) is 6.59. The molecule has 6 nitrogen and oxygen atoms in total. The van der Waals surface area contributed by atoms with Gasteiger partial charge in [0.05, 0.1) is 10.6 Å². The quantitative estimate of drug-likeness (QED) is 0.595. The second-order valence-electron chi connectivity index (χ2n) is 4.22. The molecule has 122 valence electrons. The molecule has 0 atom stereocenters. The third-order valence-corrected chi connectivity index (χ3v) is 3.16. The summed E-state index contributed by atoms with van der Waals surface area (Å²) in [6, 6.07) is 3.77. The molecule has 2 rings (SSSR count). The van der Waals surface area contributed by atoms with Crippen molar-refractivity contribution in [3.8, 4) is 0 Å². The molecule has 1 amide bonds. The van der Waals surface area contributed by atoms with Gasteiger partial charge in [0.2, 0.25) is 5.71 Å². The molecule has 1 aliphatic heterocycles. The average molecular weight is 368 g/mol. The van der Waals surface area contributed by atoms with E-state index in [2.05, 4.69) is 15.1 Å². The van der Waals surface area contributed by atoms with Crippen LogP contribution in [0.4, 0.5) is 13.2 Å². The van der Waals surface area contributed by atoms with Gasteiger partial charge in [0.15, 0.2) is 5.71 Å². The van der Waals surface area contributed by atoms with Gasteiger partial charge in [-0.1, -0.05) is 28.4 Å². The Morgan fingerprint density at radius 2 is 2.00 bits per heavy atom. The van der Waals surface area contributed by atoms with Crippen LogP contribution in [0.25, 0.3) is 0 Å². The lowest BCUT2D eigenvalue weighted by Gasteiger charge is -2.05. The zero-order chi connectivity index (χ0) is 17.4. The number of hydrogen-bond donors (Lipinski definition) is 0. The molecule has 23 heavy (non-hydrogen) atoms. The Balaban J connectivity index is 2.26. The molecule has 11 heteroatoms. The van der Waals surface area contributed by atoms with Gasteiger partial charge in [-0.3, -0.25) is 4.79 Å². The summed E-state index contributed by atoms with van der Waals surface area (Å²) >= 11 is 11.4. The van der Waals surface area contributed by atoms with E-state index < -0.39 is 29.5 Å². The molecule has 0 saturated carbocycles. The summed E-state index contributed by atoms with van der Waals surface area (Å²) in [5.74, 6) is -2.31. The first-order valence-corrected chi connectivity index (χ1v) is 6.55. The summed E-state index contributed by atoms with van der Waals surface area (Å²) in [7, 11) is 1.01. The number of nitrogens with zero attached hydrogens (tertiary/aromatic N) is 3. The molecule has 0 unspecified atom stereocenters. The van der Waals surface area contributed by atoms with Crippen LogP contribution in [-0.4, -0.2) is 41.5 Å². The molecule has 0 fully saturated rings. The van der Waals surface area contributed by atoms with Crippen molar-refractivity contribution >= 4 is 46.5 Å². The molecule has 0 aromatic heterocycles. The molecule has 1 aromatic carbocycles. The van der Waals surface area contributed by atoms with E-state index in [1.54, 1.807) is 0 Å². The van der Waals surface area contributed by atoms with Gasteiger partial charge >= 0.3 is 12.1 Å². The molecule has 0 bridgehead atoms. The van der Waals surface area contributed by atoms with E-state index in [4.69, 9.17) is 23.2 Å². The zero-order valence-corrected chi connectivity index (χ0v) is 12.7. The van der Waals surface area contributed by atoms with Gasteiger partial charge in [-0.25, -0.2) is 9.80 Å². The van der Waals surface area contributed by atoms with E-state index in [1.807, 2.05) is 0 Å². The molecule has 0 aliphatic carbocycles. The van der Waals surface area contributed by atoms with Crippen LogP contribution in [0.1, 0.15) is 10.4 Å². The van der Waals surface area contributed by atoms with E-state index in [9.17, 15) is 22.8 Å². The third kappa shape index (κ3) is 3.62. The van der Waals surface area contributed by atoms with E-state index in [0.717, 1.165) is 7.05 Å². The zero-order valence-electron chi connectivity index (χ0n) is 11.2. The van der Waals surface area contributed by atoms with Crippen molar-refractivity contribution in [2.75, 3.05) is 7.05 Å². The first-order valence-electron chi connectivity index (χ1n) is 5.80. The molecule has 0 saturated heterocycles. The maximum atomic E-state index is 12.7. The molecule has 0 spiro atoms. The van der Waals surface area contributed by atoms with Crippen LogP contribution in [0, 0.1) is 0 Å². The molecule has 1 aromatic rings. The van der Waals surface area contributed by atoms with E-state index in [1.165, 1.54) is 18.2 Å². The second-order valence-corrected chi connectivity index (χ2v) is 5.06. The minimum atomic E-state index is -4.93. The third-order valence-electron chi connectivity index (χ3n) is 2.61. The van der Waals surface area contributed by atoms with Crippen molar-refractivity contribution in [1.29, 1.82) is 0 Å². The van der Waals surface area contributed by atoms with Crippen LogP contribution in [0.3, 0.4) is 0 Å². The predicted molar refractivity (Wildman–Crippen MR) is 75.6 cm³/mol. The summed E-state index contributed by atoms with van der Waals surface area (Å²) < 4.78 is 38.2. The number of hydrazone groups is 1. The van der Waals surface area contributed by atoms with Gasteiger partial charge < -0.3 is 4.84 Å². The van der Waals surface area contributed by atoms with Crippen LogP contribution in [0.2, 0.25) is 10.0 Å². The number of carbonyl (C=O) groups is 2. The Kier molecular flexibility index (Phi) is 4.62. The highest BCUT2D eigenvalue weighted by molar-refractivity contribution is 6.69. The van der Waals surface area contributed by atoms with Crippen LogP contribution < -0.4 is 0 Å². The van der Waals surface area contributed by atoms with Crippen LogP contribution in [0.15, 0.2) is 28.5 Å². The summed E-state index contributed by atoms with van der Waals surface area (Å²) in [6.45, 7) is 0. The Bertz CT molecular complexity index is 747. The summed E-state index contributed by atoms with van der Waals surface area (Å²) in [6.07, 6.45) is -4.93. The number of oxime groups is 1. The number of carbonyl (C=O) groups excluding carboxylic acids is 2. The van der Waals surface area contributed by atoms with Crippen LogP contribution >= 0.6 is 23.2 Å². The fourth-order valence-electron chi connectivity index (χ4n) is 1.56. The highest BCUT2D eigenvalue weighted by atomic mass is 35.5. The van der Waals surface area contributed by atoms with Crippen LogP contribution in [0.5, 0.6) is 0 Å². The normalized spacial score (nSPS) is 16.8. The molecule has 1 heterocycles. The Morgan fingerprint density at radius 1 is 1.35 bits per heavy atom. The number of halogens is 5. The second kappa shape index (κ2) is 6.17. The van der Waals surface area contributed by atoms with Gasteiger partial charge in [-0.05, 0) is 18.2 Å². The lowest BCUT2D eigenvalue weighted by atomic mass is 10.2. The van der Waals surface area contributed by atoms with Crippen molar-refractivity contribution in [1.82, 2.24) is 5.01 Å². The maximum absolute atomic E-state index is 12.7. The van der Waals surface area contributed by atoms with Gasteiger partial charge in [-0.15, -0.1) is 0 Å². The van der Waals surface area contributed by atoms with Crippen molar-refractivity contribution in [2.24, 2.45) is 10.3 Å². The number of alkyl halides is 3. The number of amides is 1. The SMILES string of the molecule is CN1N=C(C(F)(F)F)C(=NOC(=O)c2ccc(Cl)cc2Cl)C1=O. The van der Waals surface area contributed by atoms with Crippen molar-refractivity contribution < 1.29 is 27.6 Å². The minimum Gasteiger partial charge on any atom is -0.312 e. The van der Waals surface area contributed by atoms with Gasteiger partial charge in [-0.2, -0.15) is 18.3 Å². The van der Waals surface area contributed by atoms with Gasteiger partial charge in [0.1, 0.15) is 0 Å². The van der Waals surface area contributed by atoms with Crippen molar-refractivity contribution in [3.63, 3.8) is 0 Å². The number of hydrogen-bond acceptors (Lipinski definition) is 5. The summed E-state index contributed by atoms with van der Waals surface area (Å²) in [5.41, 5.74) is -2.86. The maximum Gasteiger partial charge on any atom is 0.437 e. The fraction of sp³-hybridized carbons (Fsp3) is 0.167. The Hall–Kier alpha value is -2.13. The Morgan fingerprint density at radius 3 is 2.57 bits per heavy atom. The first kappa shape index (κ1) is 17.2. The lowest BCUT2D eigenvalue weighted by Crippen LogP contribution is -2.33. The fourth-order valence-corrected chi connectivity index (χ4v) is 2.05. The highest BCUT2D eigenvalue weighted by Gasteiger charge is 2.47. The molecule has 1 aliphatic rings. The van der Waals surface area contributed by atoms with Gasteiger partial charge in [0.25, 0.3) is 5.91 Å². The first-order chi connectivity index (χ1) is 10.6. The van der Waals surface area contributed by atoms with Gasteiger partial charge in [0, 0.05) is 12.1 Å². The Labute approximate surface area is 137 Å². The average Bonchev–Trinajstić information content (AvgIpc) is 2.72. The minimum absolute atomic E-state index is 0.0812. The highest BCUT2D eigenvalue weighted by Crippen LogP contribution is 2.24. The molecular formula is C12H6Cl2F3N3O3. The predicted octanol–water partition coefficient (Wildman–Crippen LogP) is 2.90. The largest absolute Gasteiger partial charge is 0.437 e. The molecule has 0 N–H and O–H groups in total. The standard InChI is InChI=1S/C12H6Cl2F3N3O3/c1-20-10(21)8(9(18-20)12(15,16)17)19-23-11(22)6-3-2-5(13)4-7(6)14/h2-4H,1H3. The number of benzene rings is 1. The molecule has 0 radical (unpaired) electrons. The van der Waals surface area contributed by atoms with E-state index >= 15 is 0 Å². The topological polar surface area (TPSA) is 71.3 Å².